The minimum atomic E-state index is -0.262. The van der Waals surface area contributed by atoms with Gasteiger partial charge in [0.2, 0.25) is 0 Å². The molecule has 1 unspecified atom stereocenters. The highest BCUT2D eigenvalue weighted by molar-refractivity contribution is 7.18. The first kappa shape index (κ1) is 13.1. The van der Waals surface area contributed by atoms with Crippen LogP contribution in [0, 0.1) is 0 Å². The molecule has 3 rings (SSSR count). The number of hydrogen-bond acceptors (Lipinski definition) is 3. The normalized spacial score (nSPS) is 17.8. The molecular formula is C14H17ClN2OS. The summed E-state index contributed by atoms with van der Waals surface area (Å²) in [7, 11) is 0. The lowest BCUT2D eigenvalue weighted by molar-refractivity contribution is 0.623. The first-order valence-electron chi connectivity index (χ1n) is 6.85. The molecule has 0 saturated carbocycles. The average molecular weight is 297 g/mol. The topological polar surface area (TPSA) is 45.8 Å². The molecular weight excluding hydrogens is 280 g/mol. The molecule has 1 atom stereocenters. The molecule has 0 bridgehead atoms. The van der Waals surface area contributed by atoms with E-state index in [1.807, 2.05) is 6.92 Å². The van der Waals surface area contributed by atoms with E-state index in [1.165, 1.54) is 36.1 Å². The van der Waals surface area contributed by atoms with Gasteiger partial charge in [-0.15, -0.1) is 22.9 Å². The quantitative estimate of drug-likeness (QED) is 0.810. The maximum atomic E-state index is 12.3. The van der Waals surface area contributed by atoms with E-state index in [0.29, 0.717) is 5.82 Å². The minimum Gasteiger partial charge on any atom is -0.309 e. The Labute approximate surface area is 121 Å². The molecule has 5 heteroatoms. The standard InChI is InChI=1S/C14H17ClN2OS/c1-8(15)12-16-13(18)11-9-6-4-2-3-5-7-10(9)19-14(11)17-12/h8H,2-7H2,1H3,(H,16,17,18). The van der Waals surface area contributed by atoms with Crippen LogP contribution in [0.3, 0.4) is 0 Å². The number of fused-ring (bicyclic) bond motifs is 3. The van der Waals surface area contributed by atoms with Crippen LogP contribution in [-0.4, -0.2) is 9.97 Å². The van der Waals surface area contributed by atoms with Gasteiger partial charge in [0.25, 0.3) is 5.56 Å². The molecule has 0 aromatic carbocycles. The number of H-pyrrole nitrogens is 1. The summed E-state index contributed by atoms with van der Waals surface area (Å²) in [6.45, 7) is 1.83. The smallest absolute Gasteiger partial charge is 0.259 e. The molecule has 0 spiro atoms. The number of aromatic nitrogens is 2. The van der Waals surface area contributed by atoms with Crippen molar-refractivity contribution in [3.63, 3.8) is 0 Å². The molecule has 0 radical (unpaired) electrons. The summed E-state index contributed by atoms with van der Waals surface area (Å²) < 4.78 is 0. The second kappa shape index (κ2) is 5.25. The predicted octanol–water partition coefficient (Wildman–Crippen LogP) is 3.94. The van der Waals surface area contributed by atoms with Crippen LogP contribution < -0.4 is 5.56 Å². The number of nitrogens with zero attached hydrogens (tertiary/aromatic N) is 1. The van der Waals surface area contributed by atoms with E-state index in [9.17, 15) is 4.79 Å². The molecule has 2 heterocycles. The van der Waals surface area contributed by atoms with Gasteiger partial charge in [-0.2, -0.15) is 0 Å². The molecule has 0 saturated heterocycles. The molecule has 1 aliphatic carbocycles. The Morgan fingerprint density at radius 3 is 2.74 bits per heavy atom. The highest BCUT2D eigenvalue weighted by Crippen LogP contribution is 2.32. The summed E-state index contributed by atoms with van der Waals surface area (Å²) in [5.74, 6) is 0.577. The number of nitrogens with one attached hydrogen (secondary N) is 1. The van der Waals surface area contributed by atoms with Crippen LogP contribution in [-0.2, 0) is 12.8 Å². The largest absolute Gasteiger partial charge is 0.309 e. The molecule has 19 heavy (non-hydrogen) atoms. The summed E-state index contributed by atoms with van der Waals surface area (Å²) in [4.78, 5) is 21.9. The first-order valence-corrected chi connectivity index (χ1v) is 8.10. The summed E-state index contributed by atoms with van der Waals surface area (Å²) in [6.07, 6.45) is 7.04. The van der Waals surface area contributed by atoms with Crippen molar-refractivity contribution in [2.45, 2.75) is 50.8 Å². The van der Waals surface area contributed by atoms with E-state index in [2.05, 4.69) is 9.97 Å². The van der Waals surface area contributed by atoms with Gasteiger partial charge in [0.1, 0.15) is 10.7 Å². The van der Waals surface area contributed by atoms with Crippen LogP contribution in [0.1, 0.15) is 54.2 Å². The van der Waals surface area contributed by atoms with Gasteiger partial charge in [-0.05, 0) is 38.2 Å². The van der Waals surface area contributed by atoms with Crippen LogP contribution in [0.2, 0.25) is 0 Å². The van der Waals surface area contributed by atoms with Crippen molar-refractivity contribution in [3.05, 3.63) is 26.6 Å². The third-order valence-electron chi connectivity index (χ3n) is 3.72. The summed E-state index contributed by atoms with van der Waals surface area (Å²) >= 11 is 7.70. The molecule has 3 nitrogen and oxygen atoms in total. The summed E-state index contributed by atoms with van der Waals surface area (Å²) in [5.41, 5.74) is 1.22. The summed E-state index contributed by atoms with van der Waals surface area (Å²) in [5, 5.41) is 0.546. The molecule has 0 aliphatic heterocycles. The Balaban J connectivity index is 2.21. The minimum absolute atomic E-state index is 0.0226. The first-order chi connectivity index (χ1) is 9.16. The van der Waals surface area contributed by atoms with Gasteiger partial charge in [0.05, 0.1) is 10.8 Å². The molecule has 1 N–H and O–H groups in total. The van der Waals surface area contributed by atoms with Crippen molar-refractivity contribution in [2.75, 3.05) is 0 Å². The van der Waals surface area contributed by atoms with Crippen molar-refractivity contribution >= 4 is 33.2 Å². The Kier molecular flexibility index (Phi) is 3.63. The Morgan fingerprint density at radius 1 is 1.26 bits per heavy atom. The molecule has 102 valence electrons. The number of hydrogen-bond donors (Lipinski definition) is 1. The maximum Gasteiger partial charge on any atom is 0.259 e. The highest BCUT2D eigenvalue weighted by Gasteiger charge is 2.19. The zero-order chi connectivity index (χ0) is 13.4. The molecule has 2 aromatic heterocycles. The number of thiophene rings is 1. The van der Waals surface area contributed by atoms with Crippen LogP contribution in [0.15, 0.2) is 4.79 Å². The van der Waals surface area contributed by atoms with E-state index in [0.717, 1.165) is 23.1 Å². The Bertz CT molecular complexity index is 659. The number of aryl methyl sites for hydroxylation is 2. The fourth-order valence-corrected chi connectivity index (χ4v) is 4.09. The molecule has 2 aromatic rings. The zero-order valence-electron chi connectivity index (χ0n) is 11.0. The third-order valence-corrected chi connectivity index (χ3v) is 5.11. The Morgan fingerprint density at radius 2 is 2.00 bits per heavy atom. The van der Waals surface area contributed by atoms with Gasteiger partial charge in [0, 0.05) is 4.88 Å². The molecule has 1 aliphatic rings. The molecule has 0 fully saturated rings. The van der Waals surface area contributed by atoms with Gasteiger partial charge in [-0.1, -0.05) is 12.8 Å². The second-order valence-electron chi connectivity index (χ2n) is 5.17. The van der Waals surface area contributed by atoms with Gasteiger partial charge in [0.15, 0.2) is 0 Å². The van der Waals surface area contributed by atoms with Crippen LogP contribution in [0.25, 0.3) is 10.2 Å². The number of halogens is 1. The fourth-order valence-electron chi connectivity index (χ4n) is 2.72. The van der Waals surface area contributed by atoms with E-state index >= 15 is 0 Å². The van der Waals surface area contributed by atoms with Crippen LogP contribution in [0.5, 0.6) is 0 Å². The van der Waals surface area contributed by atoms with Crippen molar-refractivity contribution in [3.8, 4) is 0 Å². The van der Waals surface area contributed by atoms with E-state index in [1.54, 1.807) is 11.3 Å². The monoisotopic (exact) mass is 296 g/mol. The maximum absolute atomic E-state index is 12.3. The molecule has 0 amide bonds. The van der Waals surface area contributed by atoms with Crippen molar-refractivity contribution in [2.24, 2.45) is 0 Å². The lowest BCUT2D eigenvalue weighted by Crippen LogP contribution is -2.12. The number of aromatic amines is 1. The van der Waals surface area contributed by atoms with Gasteiger partial charge < -0.3 is 4.98 Å². The predicted molar refractivity (Wildman–Crippen MR) is 80.4 cm³/mol. The third kappa shape index (κ3) is 2.43. The zero-order valence-corrected chi connectivity index (χ0v) is 12.5. The Hall–Kier alpha value is -0.870. The van der Waals surface area contributed by atoms with E-state index in [4.69, 9.17) is 11.6 Å². The van der Waals surface area contributed by atoms with Crippen molar-refractivity contribution in [1.29, 1.82) is 0 Å². The van der Waals surface area contributed by atoms with E-state index < -0.39 is 0 Å². The fraction of sp³-hybridized carbons (Fsp3) is 0.571. The van der Waals surface area contributed by atoms with Gasteiger partial charge in [-0.25, -0.2) is 4.98 Å². The van der Waals surface area contributed by atoms with Crippen molar-refractivity contribution < 1.29 is 0 Å². The summed E-state index contributed by atoms with van der Waals surface area (Å²) in [6, 6.07) is 0. The van der Waals surface area contributed by atoms with E-state index in [-0.39, 0.29) is 10.9 Å². The lowest BCUT2D eigenvalue weighted by Gasteiger charge is -2.08. The van der Waals surface area contributed by atoms with Gasteiger partial charge in [-0.3, -0.25) is 4.79 Å². The number of rotatable bonds is 1. The highest BCUT2D eigenvalue weighted by atomic mass is 35.5. The number of alkyl halides is 1. The SMILES string of the molecule is CC(Cl)c1nc2sc3c(c2c(=O)[nH]1)CCCCCC3. The second-order valence-corrected chi connectivity index (χ2v) is 6.90. The van der Waals surface area contributed by atoms with Crippen LogP contribution >= 0.6 is 22.9 Å². The lowest BCUT2D eigenvalue weighted by atomic mass is 9.98. The average Bonchev–Trinajstić information content (AvgIpc) is 2.66. The van der Waals surface area contributed by atoms with Crippen LogP contribution in [0.4, 0.5) is 0 Å². The van der Waals surface area contributed by atoms with Gasteiger partial charge >= 0.3 is 0 Å². The van der Waals surface area contributed by atoms with Crippen molar-refractivity contribution in [1.82, 2.24) is 9.97 Å².